The zero-order valence-corrected chi connectivity index (χ0v) is 14.7. The summed E-state index contributed by atoms with van der Waals surface area (Å²) < 4.78 is 5.32. The number of rotatable bonds is 5. The van der Waals surface area contributed by atoms with Gasteiger partial charge in [-0.2, -0.15) is 0 Å². The van der Waals surface area contributed by atoms with Gasteiger partial charge >= 0.3 is 0 Å². The van der Waals surface area contributed by atoms with Gasteiger partial charge in [0.25, 0.3) is 0 Å². The van der Waals surface area contributed by atoms with Gasteiger partial charge in [-0.05, 0) is 31.5 Å². The third kappa shape index (κ3) is 5.28. The number of morpholine rings is 1. The molecule has 0 radical (unpaired) electrons. The lowest BCUT2D eigenvalue weighted by Crippen LogP contribution is -2.48. The fourth-order valence-electron chi connectivity index (χ4n) is 3.51. The van der Waals surface area contributed by atoms with Crippen LogP contribution < -0.4 is 5.32 Å². The monoisotopic (exact) mass is 345 g/mol. The van der Waals surface area contributed by atoms with E-state index >= 15 is 0 Å². The van der Waals surface area contributed by atoms with E-state index in [0.29, 0.717) is 39.3 Å². The smallest absolute Gasteiger partial charge is 0.227 e. The Bertz CT molecular complexity index is 573. The third-order valence-electron chi connectivity index (χ3n) is 4.89. The van der Waals surface area contributed by atoms with Gasteiger partial charge in [0.05, 0.1) is 19.1 Å². The van der Waals surface area contributed by atoms with Gasteiger partial charge in [0.2, 0.25) is 11.8 Å². The highest BCUT2D eigenvalue weighted by Crippen LogP contribution is 2.20. The molecule has 0 spiro atoms. The van der Waals surface area contributed by atoms with Crippen LogP contribution in [0.4, 0.5) is 5.69 Å². The molecule has 0 aromatic heterocycles. The molecule has 6 heteroatoms. The van der Waals surface area contributed by atoms with Crippen LogP contribution in [0.1, 0.15) is 19.3 Å². The molecule has 3 rings (SSSR count). The highest BCUT2D eigenvalue weighted by Gasteiger charge is 2.30. The minimum atomic E-state index is 0.0211. The van der Waals surface area contributed by atoms with Crippen LogP contribution in [-0.2, 0) is 14.3 Å². The number of benzene rings is 1. The van der Waals surface area contributed by atoms with E-state index in [-0.39, 0.29) is 17.7 Å². The Morgan fingerprint density at radius 1 is 1.12 bits per heavy atom. The molecule has 0 saturated carbocycles. The average molecular weight is 345 g/mol. The highest BCUT2D eigenvalue weighted by molar-refractivity contribution is 5.90. The van der Waals surface area contributed by atoms with Crippen LogP contribution in [0.2, 0.25) is 0 Å². The van der Waals surface area contributed by atoms with Gasteiger partial charge in [0, 0.05) is 38.3 Å². The summed E-state index contributed by atoms with van der Waals surface area (Å²) in [6.45, 7) is 5.11. The van der Waals surface area contributed by atoms with E-state index in [2.05, 4.69) is 10.2 Å². The molecule has 2 fully saturated rings. The molecule has 6 nitrogen and oxygen atoms in total. The Labute approximate surface area is 149 Å². The Morgan fingerprint density at radius 3 is 2.64 bits per heavy atom. The van der Waals surface area contributed by atoms with Gasteiger partial charge < -0.3 is 19.9 Å². The summed E-state index contributed by atoms with van der Waals surface area (Å²) in [5.74, 6) is 0.332. The van der Waals surface area contributed by atoms with Crippen molar-refractivity contribution in [3.8, 4) is 0 Å². The van der Waals surface area contributed by atoms with Crippen molar-refractivity contribution in [2.45, 2.75) is 19.3 Å². The fraction of sp³-hybridized carbons (Fsp3) is 0.579. The quantitative estimate of drug-likeness (QED) is 0.880. The summed E-state index contributed by atoms with van der Waals surface area (Å²) in [5.41, 5.74) is 0.825. The van der Waals surface area contributed by atoms with E-state index < -0.39 is 0 Å². The Hall–Kier alpha value is -1.92. The number of hydrogen-bond acceptors (Lipinski definition) is 4. The normalized spacial score (nSPS) is 21.8. The maximum atomic E-state index is 12.6. The van der Waals surface area contributed by atoms with Crippen molar-refractivity contribution in [3.05, 3.63) is 30.3 Å². The molecule has 25 heavy (non-hydrogen) atoms. The lowest BCUT2D eigenvalue weighted by molar-refractivity contribution is -0.141. The van der Waals surface area contributed by atoms with Crippen molar-refractivity contribution >= 4 is 17.5 Å². The summed E-state index contributed by atoms with van der Waals surface area (Å²) in [6, 6.07) is 9.50. The number of nitrogens with zero attached hydrogens (tertiary/aromatic N) is 2. The van der Waals surface area contributed by atoms with E-state index in [1.54, 1.807) is 0 Å². The van der Waals surface area contributed by atoms with Crippen LogP contribution in [0.25, 0.3) is 0 Å². The van der Waals surface area contributed by atoms with Gasteiger partial charge in [-0.3, -0.25) is 9.59 Å². The minimum absolute atomic E-state index is 0.0211. The van der Waals surface area contributed by atoms with Gasteiger partial charge in [-0.1, -0.05) is 18.2 Å². The van der Waals surface area contributed by atoms with Crippen LogP contribution in [0, 0.1) is 5.92 Å². The maximum absolute atomic E-state index is 12.6. The number of ether oxygens (including phenoxy) is 1. The Kier molecular flexibility index (Phi) is 6.42. The van der Waals surface area contributed by atoms with Crippen LogP contribution in [0.5, 0.6) is 0 Å². The fourth-order valence-corrected chi connectivity index (χ4v) is 3.51. The molecule has 136 valence electrons. The lowest BCUT2D eigenvalue weighted by Gasteiger charge is -2.36. The largest absolute Gasteiger partial charge is 0.378 e. The van der Waals surface area contributed by atoms with Gasteiger partial charge in [-0.25, -0.2) is 0 Å². The van der Waals surface area contributed by atoms with Crippen molar-refractivity contribution in [2.75, 3.05) is 51.3 Å². The molecule has 1 aromatic rings. The lowest BCUT2D eigenvalue weighted by atomic mass is 9.96. The number of amides is 2. The molecular weight excluding hydrogens is 318 g/mol. The number of para-hydroxylation sites is 1. The zero-order chi connectivity index (χ0) is 17.5. The number of hydrogen-bond donors (Lipinski definition) is 1. The highest BCUT2D eigenvalue weighted by atomic mass is 16.5. The van der Waals surface area contributed by atoms with Gasteiger partial charge in [0.15, 0.2) is 0 Å². The van der Waals surface area contributed by atoms with Crippen molar-refractivity contribution < 1.29 is 14.3 Å². The predicted molar refractivity (Wildman–Crippen MR) is 96.3 cm³/mol. The SMILES string of the molecule is O=C(CCN1CCCC(C(=O)N2CCOCC2)C1)Nc1ccccc1. The molecular formula is C19H27N3O3. The van der Waals surface area contributed by atoms with E-state index in [1.807, 2.05) is 35.2 Å². The number of anilines is 1. The van der Waals surface area contributed by atoms with Crippen molar-refractivity contribution in [1.82, 2.24) is 9.80 Å². The zero-order valence-electron chi connectivity index (χ0n) is 14.7. The summed E-state index contributed by atoms with van der Waals surface area (Å²) in [4.78, 5) is 28.9. The average Bonchev–Trinajstić information content (AvgIpc) is 2.67. The molecule has 2 saturated heterocycles. The number of piperidine rings is 1. The van der Waals surface area contributed by atoms with Gasteiger partial charge in [-0.15, -0.1) is 0 Å². The standard InChI is InChI=1S/C19H27N3O3/c23-18(20-17-6-2-1-3-7-17)8-10-21-9-4-5-16(15-21)19(24)22-11-13-25-14-12-22/h1-3,6-7,16H,4-5,8-15H2,(H,20,23). The second kappa shape index (κ2) is 8.97. The van der Waals surface area contributed by atoms with E-state index in [9.17, 15) is 9.59 Å². The number of carbonyl (C=O) groups is 2. The molecule has 1 atom stereocenters. The Morgan fingerprint density at radius 2 is 1.88 bits per heavy atom. The minimum Gasteiger partial charge on any atom is -0.378 e. The number of nitrogens with one attached hydrogen (secondary N) is 1. The topological polar surface area (TPSA) is 61.9 Å². The van der Waals surface area contributed by atoms with Crippen molar-refractivity contribution in [2.24, 2.45) is 5.92 Å². The molecule has 1 unspecified atom stereocenters. The van der Waals surface area contributed by atoms with Crippen LogP contribution in [-0.4, -0.2) is 67.6 Å². The van der Waals surface area contributed by atoms with Crippen molar-refractivity contribution in [3.63, 3.8) is 0 Å². The molecule has 1 aromatic carbocycles. The first-order valence-electron chi connectivity index (χ1n) is 9.16. The van der Waals surface area contributed by atoms with Crippen molar-refractivity contribution in [1.29, 1.82) is 0 Å². The molecule has 2 aliphatic rings. The predicted octanol–water partition coefficient (Wildman–Crippen LogP) is 1.59. The van der Waals surface area contributed by atoms with Crippen LogP contribution in [0.3, 0.4) is 0 Å². The number of carbonyl (C=O) groups excluding carboxylic acids is 2. The summed E-state index contributed by atoms with van der Waals surface area (Å²) in [6.07, 6.45) is 2.41. The molecule has 0 bridgehead atoms. The molecule has 2 amide bonds. The maximum Gasteiger partial charge on any atom is 0.227 e. The molecule has 2 aliphatic heterocycles. The third-order valence-corrected chi connectivity index (χ3v) is 4.89. The summed E-state index contributed by atoms with van der Waals surface area (Å²) >= 11 is 0. The molecule has 1 N–H and O–H groups in total. The van der Waals surface area contributed by atoms with Gasteiger partial charge in [0.1, 0.15) is 0 Å². The summed E-state index contributed by atoms with van der Waals surface area (Å²) in [5, 5.41) is 2.91. The second-order valence-electron chi connectivity index (χ2n) is 6.74. The second-order valence-corrected chi connectivity index (χ2v) is 6.74. The first kappa shape index (κ1) is 17.9. The van der Waals surface area contributed by atoms with E-state index in [4.69, 9.17) is 4.74 Å². The summed E-state index contributed by atoms with van der Waals surface area (Å²) in [7, 11) is 0. The van der Waals surface area contributed by atoms with E-state index in [1.165, 1.54) is 0 Å². The van der Waals surface area contributed by atoms with Crippen LogP contribution >= 0.6 is 0 Å². The molecule has 0 aliphatic carbocycles. The molecule has 2 heterocycles. The Balaban J connectivity index is 1.43. The number of likely N-dealkylation sites (tertiary alicyclic amines) is 1. The first-order chi connectivity index (χ1) is 12.2. The van der Waals surface area contributed by atoms with Crippen LogP contribution in [0.15, 0.2) is 30.3 Å². The van der Waals surface area contributed by atoms with E-state index in [0.717, 1.165) is 31.6 Å². The first-order valence-corrected chi connectivity index (χ1v) is 9.16.